The highest BCUT2D eigenvalue weighted by atomic mass is 19.1. The molecule has 4 heteroatoms. The Morgan fingerprint density at radius 1 is 1.26 bits per heavy atom. The third-order valence-electron chi connectivity index (χ3n) is 2.98. The summed E-state index contributed by atoms with van der Waals surface area (Å²) in [6.45, 7) is 6.35. The molecule has 0 saturated heterocycles. The summed E-state index contributed by atoms with van der Waals surface area (Å²) in [5.41, 5.74) is 1.01. The molecular weight excluding hydrogens is 245 g/mol. The maximum atomic E-state index is 12.8. The summed E-state index contributed by atoms with van der Waals surface area (Å²) in [4.78, 5) is 12.8. The van der Waals surface area contributed by atoms with Crippen molar-refractivity contribution in [3.05, 3.63) is 35.6 Å². The topological polar surface area (TPSA) is 40.5 Å². The van der Waals surface area contributed by atoms with Crippen LogP contribution in [0, 0.1) is 11.7 Å². The fraction of sp³-hybridized carbons (Fsp3) is 0.533. The summed E-state index contributed by atoms with van der Waals surface area (Å²) < 4.78 is 12.8. The largest absolute Gasteiger partial charge is 0.481 e. The molecule has 0 bridgehead atoms. The van der Waals surface area contributed by atoms with Gasteiger partial charge in [0.15, 0.2) is 0 Å². The van der Waals surface area contributed by atoms with Gasteiger partial charge < -0.3 is 5.11 Å². The molecule has 0 fully saturated rings. The molecule has 3 nitrogen and oxygen atoms in total. The molecule has 0 heterocycles. The Bertz CT molecular complexity index is 390. The lowest BCUT2D eigenvalue weighted by Crippen LogP contribution is -2.28. The SMILES string of the molecule is CC(C)CCN(CCC(=O)O)Cc1ccc(F)cc1. The number of benzene rings is 1. The summed E-state index contributed by atoms with van der Waals surface area (Å²) in [6, 6.07) is 6.37. The van der Waals surface area contributed by atoms with E-state index in [1.54, 1.807) is 12.1 Å². The van der Waals surface area contributed by atoms with Crippen molar-refractivity contribution in [2.75, 3.05) is 13.1 Å². The van der Waals surface area contributed by atoms with E-state index >= 15 is 0 Å². The maximum absolute atomic E-state index is 12.8. The summed E-state index contributed by atoms with van der Waals surface area (Å²) in [7, 11) is 0. The van der Waals surface area contributed by atoms with E-state index in [1.165, 1.54) is 12.1 Å². The molecule has 0 radical (unpaired) electrons. The zero-order valence-electron chi connectivity index (χ0n) is 11.6. The van der Waals surface area contributed by atoms with Crippen LogP contribution in [0.1, 0.15) is 32.3 Å². The van der Waals surface area contributed by atoms with Gasteiger partial charge in [0.25, 0.3) is 0 Å². The zero-order chi connectivity index (χ0) is 14.3. The summed E-state index contributed by atoms with van der Waals surface area (Å²) in [6.07, 6.45) is 1.17. The van der Waals surface area contributed by atoms with Crippen LogP contribution in [-0.4, -0.2) is 29.1 Å². The normalized spacial score (nSPS) is 11.2. The highest BCUT2D eigenvalue weighted by molar-refractivity contribution is 5.66. The summed E-state index contributed by atoms with van der Waals surface area (Å²) in [5.74, 6) is -0.447. The second-order valence-corrected chi connectivity index (χ2v) is 5.23. The quantitative estimate of drug-likeness (QED) is 0.786. The number of aliphatic carboxylic acids is 1. The van der Waals surface area contributed by atoms with Gasteiger partial charge in [-0.15, -0.1) is 0 Å². The molecular formula is C15H22FNO2. The van der Waals surface area contributed by atoms with Crippen LogP contribution >= 0.6 is 0 Å². The lowest BCUT2D eigenvalue weighted by molar-refractivity contribution is -0.137. The highest BCUT2D eigenvalue weighted by Gasteiger charge is 2.09. The standard InChI is InChI=1S/C15H22FNO2/c1-12(2)7-9-17(10-8-15(18)19)11-13-3-5-14(16)6-4-13/h3-6,12H,7-11H2,1-2H3,(H,18,19). The van der Waals surface area contributed by atoms with Crippen molar-refractivity contribution < 1.29 is 14.3 Å². The predicted octanol–water partition coefficient (Wildman–Crippen LogP) is 3.15. The van der Waals surface area contributed by atoms with Gasteiger partial charge in [0.2, 0.25) is 0 Å². The van der Waals surface area contributed by atoms with Crippen LogP contribution in [0.4, 0.5) is 4.39 Å². The molecule has 0 aliphatic rings. The van der Waals surface area contributed by atoms with E-state index in [4.69, 9.17) is 5.11 Å². The van der Waals surface area contributed by atoms with Crippen LogP contribution in [0.2, 0.25) is 0 Å². The Labute approximate surface area is 114 Å². The van der Waals surface area contributed by atoms with Gasteiger partial charge in [-0.3, -0.25) is 9.69 Å². The number of halogens is 1. The second-order valence-electron chi connectivity index (χ2n) is 5.23. The van der Waals surface area contributed by atoms with Crippen LogP contribution in [0.5, 0.6) is 0 Å². The number of carboxylic acids is 1. The number of carbonyl (C=O) groups is 1. The molecule has 1 N–H and O–H groups in total. The van der Waals surface area contributed by atoms with Crippen LogP contribution in [0.25, 0.3) is 0 Å². The molecule has 106 valence electrons. The molecule has 0 saturated carbocycles. The van der Waals surface area contributed by atoms with Gasteiger partial charge in [0.05, 0.1) is 6.42 Å². The molecule has 0 aliphatic heterocycles. The van der Waals surface area contributed by atoms with Crippen molar-refractivity contribution in [3.63, 3.8) is 0 Å². The first-order valence-corrected chi connectivity index (χ1v) is 6.66. The molecule has 1 aromatic carbocycles. The molecule has 1 aromatic rings. The minimum atomic E-state index is -0.784. The first-order chi connectivity index (χ1) is 8.97. The molecule has 0 spiro atoms. The smallest absolute Gasteiger partial charge is 0.304 e. The summed E-state index contributed by atoms with van der Waals surface area (Å²) in [5, 5.41) is 8.77. The van der Waals surface area contributed by atoms with Crippen LogP contribution in [0.3, 0.4) is 0 Å². The van der Waals surface area contributed by atoms with Crippen LogP contribution < -0.4 is 0 Å². The lowest BCUT2D eigenvalue weighted by Gasteiger charge is -2.22. The Balaban J connectivity index is 2.56. The van der Waals surface area contributed by atoms with Gasteiger partial charge in [-0.25, -0.2) is 4.39 Å². The van der Waals surface area contributed by atoms with Gasteiger partial charge in [-0.05, 0) is 36.6 Å². The molecule has 19 heavy (non-hydrogen) atoms. The van der Waals surface area contributed by atoms with Crippen LogP contribution in [0.15, 0.2) is 24.3 Å². The van der Waals surface area contributed by atoms with E-state index in [1.807, 2.05) is 0 Å². The van der Waals surface area contributed by atoms with E-state index in [0.717, 1.165) is 18.5 Å². The monoisotopic (exact) mass is 267 g/mol. The zero-order valence-corrected chi connectivity index (χ0v) is 11.6. The second kappa shape index (κ2) is 7.89. The molecule has 0 amide bonds. The molecule has 1 rings (SSSR count). The van der Waals surface area contributed by atoms with Gasteiger partial charge in [0, 0.05) is 13.1 Å². The maximum Gasteiger partial charge on any atom is 0.304 e. The lowest BCUT2D eigenvalue weighted by atomic mass is 10.1. The van der Waals surface area contributed by atoms with Gasteiger partial charge in [-0.1, -0.05) is 26.0 Å². The van der Waals surface area contributed by atoms with E-state index in [2.05, 4.69) is 18.7 Å². The Morgan fingerprint density at radius 2 is 1.89 bits per heavy atom. The average Bonchev–Trinajstić information content (AvgIpc) is 2.35. The molecule has 0 unspecified atom stereocenters. The fourth-order valence-electron chi connectivity index (χ4n) is 1.81. The summed E-state index contributed by atoms with van der Waals surface area (Å²) >= 11 is 0. The van der Waals surface area contributed by atoms with Crippen molar-refractivity contribution in [2.24, 2.45) is 5.92 Å². The number of carboxylic acid groups (broad SMARTS) is 1. The number of rotatable bonds is 8. The first-order valence-electron chi connectivity index (χ1n) is 6.66. The number of hydrogen-bond donors (Lipinski definition) is 1. The minimum absolute atomic E-state index is 0.138. The van der Waals surface area contributed by atoms with Crippen molar-refractivity contribution in [1.82, 2.24) is 4.90 Å². The van der Waals surface area contributed by atoms with Gasteiger partial charge in [-0.2, -0.15) is 0 Å². The van der Waals surface area contributed by atoms with E-state index in [0.29, 0.717) is 19.0 Å². The minimum Gasteiger partial charge on any atom is -0.481 e. The predicted molar refractivity (Wildman–Crippen MR) is 73.4 cm³/mol. The van der Waals surface area contributed by atoms with E-state index < -0.39 is 5.97 Å². The van der Waals surface area contributed by atoms with Gasteiger partial charge >= 0.3 is 5.97 Å². The molecule has 0 atom stereocenters. The van der Waals surface area contributed by atoms with Gasteiger partial charge in [0.1, 0.15) is 5.82 Å². The molecule has 0 aliphatic carbocycles. The van der Waals surface area contributed by atoms with Crippen molar-refractivity contribution in [1.29, 1.82) is 0 Å². The van der Waals surface area contributed by atoms with E-state index in [9.17, 15) is 9.18 Å². The number of hydrogen-bond acceptors (Lipinski definition) is 2. The highest BCUT2D eigenvalue weighted by Crippen LogP contribution is 2.10. The third kappa shape index (κ3) is 6.91. The Kier molecular flexibility index (Phi) is 6.50. The first kappa shape index (κ1) is 15.6. The third-order valence-corrected chi connectivity index (χ3v) is 2.98. The van der Waals surface area contributed by atoms with Crippen molar-refractivity contribution in [3.8, 4) is 0 Å². The average molecular weight is 267 g/mol. The Morgan fingerprint density at radius 3 is 2.42 bits per heavy atom. The number of nitrogens with zero attached hydrogens (tertiary/aromatic N) is 1. The fourth-order valence-corrected chi connectivity index (χ4v) is 1.81. The van der Waals surface area contributed by atoms with Crippen molar-refractivity contribution >= 4 is 5.97 Å². The van der Waals surface area contributed by atoms with Crippen LogP contribution in [-0.2, 0) is 11.3 Å². The Hall–Kier alpha value is -1.42. The molecule has 0 aromatic heterocycles. The van der Waals surface area contributed by atoms with Crippen molar-refractivity contribution in [2.45, 2.75) is 33.2 Å². The van der Waals surface area contributed by atoms with E-state index in [-0.39, 0.29) is 12.2 Å².